The van der Waals surface area contributed by atoms with Crippen molar-refractivity contribution in [1.82, 2.24) is 0 Å². The number of hydrogen-bond donors (Lipinski definition) is 0. The first kappa shape index (κ1) is 22.4. The van der Waals surface area contributed by atoms with Crippen LogP contribution in [-0.2, 0) is 4.43 Å². The zero-order valence-electron chi connectivity index (χ0n) is 17.8. The maximum Gasteiger partial charge on any atom is 0.192 e. The Morgan fingerprint density at radius 2 is 1.43 bits per heavy atom. The quantitative estimate of drug-likeness (QED) is 0.301. The molecule has 2 heteroatoms. The summed E-state index contributed by atoms with van der Waals surface area (Å²) in [4.78, 5) is 0. The zero-order valence-corrected chi connectivity index (χ0v) is 18.8. The second-order valence-corrected chi connectivity index (χ2v) is 15.0. The first-order chi connectivity index (χ1) is 9.97. The highest BCUT2D eigenvalue weighted by atomic mass is 28.4. The number of allylic oxidation sites excluding steroid dienone is 2. The van der Waals surface area contributed by atoms with E-state index < -0.39 is 8.32 Å². The molecule has 0 rings (SSSR count). The second kappa shape index (κ2) is 7.55. The molecule has 0 aliphatic rings. The molecule has 0 aromatic heterocycles. The third-order valence-electron chi connectivity index (χ3n) is 4.43. The molecule has 0 fully saturated rings. The van der Waals surface area contributed by atoms with Crippen LogP contribution in [0.2, 0.25) is 18.1 Å². The molecular formula is C21H40OSi. The molecule has 0 bridgehead atoms. The first-order valence-corrected chi connectivity index (χ1v) is 11.7. The average Bonchev–Trinajstić information content (AvgIpc) is 2.23. The molecule has 0 aliphatic carbocycles. The van der Waals surface area contributed by atoms with Crippen LogP contribution < -0.4 is 0 Å². The van der Waals surface area contributed by atoms with E-state index >= 15 is 0 Å². The van der Waals surface area contributed by atoms with Gasteiger partial charge in [0.25, 0.3) is 0 Å². The third kappa shape index (κ3) is 8.19. The van der Waals surface area contributed by atoms with Gasteiger partial charge in [0.1, 0.15) is 0 Å². The summed E-state index contributed by atoms with van der Waals surface area (Å²) in [7, 11) is -1.68. The van der Waals surface area contributed by atoms with Gasteiger partial charge in [0.15, 0.2) is 8.32 Å². The van der Waals surface area contributed by atoms with Crippen molar-refractivity contribution >= 4 is 8.32 Å². The summed E-state index contributed by atoms with van der Waals surface area (Å²) < 4.78 is 6.28. The lowest BCUT2D eigenvalue weighted by atomic mass is 9.82. The van der Waals surface area contributed by atoms with E-state index in [9.17, 15) is 0 Å². The Morgan fingerprint density at radius 3 is 1.78 bits per heavy atom. The summed E-state index contributed by atoms with van der Waals surface area (Å²) in [6.07, 6.45) is 4.41. The molecule has 23 heavy (non-hydrogen) atoms. The third-order valence-corrected chi connectivity index (χ3v) is 8.93. The summed E-state index contributed by atoms with van der Waals surface area (Å²) in [6, 6.07) is 0. The van der Waals surface area contributed by atoms with Gasteiger partial charge in [-0.25, -0.2) is 0 Å². The highest BCUT2D eigenvalue weighted by Gasteiger charge is 2.36. The van der Waals surface area contributed by atoms with Gasteiger partial charge >= 0.3 is 0 Å². The minimum atomic E-state index is -1.68. The minimum Gasteiger partial charge on any atom is -0.413 e. The highest BCUT2D eigenvalue weighted by Crippen LogP contribution is 2.37. The predicted molar refractivity (Wildman–Crippen MR) is 107 cm³/mol. The molecule has 1 nitrogen and oxygen atoms in total. The Labute approximate surface area is 147 Å². The molecule has 0 atom stereocenters. The predicted octanol–water partition coefficient (Wildman–Crippen LogP) is 7.13. The van der Waals surface area contributed by atoms with Crippen LogP contribution in [0.1, 0.15) is 69.2 Å². The van der Waals surface area contributed by atoms with E-state index in [2.05, 4.69) is 100 Å². The fraction of sp³-hybridized carbons (Fsp3) is 0.762. The molecule has 0 N–H and O–H groups in total. The van der Waals surface area contributed by atoms with Crippen molar-refractivity contribution in [3.8, 4) is 0 Å². The van der Waals surface area contributed by atoms with Gasteiger partial charge in [-0.05, 0) is 47.5 Å². The number of hydrogen-bond acceptors (Lipinski definition) is 1. The fourth-order valence-corrected chi connectivity index (χ4v) is 2.84. The van der Waals surface area contributed by atoms with Crippen molar-refractivity contribution in [2.75, 3.05) is 6.61 Å². The molecule has 0 saturated carbocycles. The topological polar surface area (TPSA) is 9.23 Å². The van der Waals surface area contributed by atoms with E-state index in [1.807, 2.05) is 0 Å². The summed E-state index contributed by atoms with van der Waals surface area (Å²) in [6.45, 7) is 27.7. The fourth-order valence-electron chi connectivity index (χ4n) is 1.90. The van der Waals surface area contributed by atoms with Gasteiger partial charge < -0.3 is 4.43 Å². The SMILES string of the molecule is C/C(=C/CO[Si](C)(C)C(C)(C)C)C(=C=CC(C)(C)C)C(C)(C)C. The summed E-state index contributed by atoms with van der Waals surface area (Å²) in [5.41, 5.74) is 6.33. The minimum absolute atomic E-state index is 0.0826. The van der Waals surface area contributed by atoms with Crippen LogP contribution in [0.15, 0.2) is 29.0 Å². The molecule has 0 unspecified atom stereocenters. The maximum atomic E-state index is 6.28. The molecule has 0 spiro atoms. The summed E-state index contributed by atoms with van der Waals surface area (Å²) in [5, 5.41) is 0.254. The van der Waals surface area contributed by atoms with Crippen LogP contribution in [0.4, 0.5) is 0 Å². The Hall–Kier alpha value is -0.563. The Bertz CT molecular complexity index is 481. The summed E-state index contributed by atoms with van der Waals surface area (Å²) >= 11 is 0. The van der Waals surface area contributed by atoms with E-state index in [0.29, 0.717) is 6.61 Å². The lowest BCUT2D eigenvalue weighted by Crippen LogP contribution is -2.40. The monoisotopic (exact) mass is 336 g/mol. The Kier molecular flexibility index (Phi) is 7.37. The van der Waals surface area contributed by atoms with E-state index in [1.165, 1.54) is 11.1 Å². The van der Waals surface area contributed by atoms with Crippen LogP contribution in [0.25, 0.3) is 0 Å². The molecule has 0 amide bonds. The molecule has 0 heterocycles. The van der Waals surface area contributed by atoms with Crippen LogP contribution in [0.3, 0.4) is 0 Å². The standard InChI is InChI=1S/C21H40OSi/c1-17(14-16-22-23(11,12)21(8,9)10)18(20(5,6)7)13-15-19(2,3)4/h14-15H,16H2,1-12H3/b17-14-. The highest BCUT2D eigenvalue weighted by molar-refractivity contribution is 6.74. The van der Waals surface area contributed by atoms with E-state index in [0.717, 1.165) is 0 Å². The first-order valence-electron chi connectivity index (χ1n) is 8.77. The maximum absolute atomic E-state index is 6.28. The van der Waals surface area contributed by atoms with Crippen molar-refractivity contribution in [1.29, 1.82) is 0 Å². The van der Waals surface area contributed by atoms with Crippen LogP contribution in [-0.4, -0.2) is 14.9 Å². The Morgan fingerprint density at radius 1 is 0.957 bits per heavy atom. The van der Waals surface area contributed by atoms with Gasteiger partial charge in [-0.2, -0.15) is 0 Å². The molecule has 0 aromatic carbocycles. The van der Waals surface area contributed by atoms with Crippen LogP contribution in [0, 0.1) is 10.8 Å². The lowest BCUT2D eigenvalue weighted by Gasteiger charge is -2.35. The van der Waals surface area contributed by atoms with Gasteiger partial charge in [-0.15, -0.1) is 5.73 Å². The van der Waals surface area contributed by atoms with Gasteiger partial charge in [-0.1, -0.05) is 68.4 Å². The van der Waals surface area contributed by atoms with E-state index in [-0.39, 0.29) is 15.9 Å². The average molecular weight is 337 g/mol. The van der Waals surface area contributed by atoms with Crippen molar-refractivity contribution in [2.24, 2.45) is 10.8 Å². The van der Waals surface area contributed by atoms with Crippen LogP contribution in [0.5, 0.6) is 0 Å². The molecule has 134 valence electrons. The number of rotatable bonds is 4. The molecule has 0 radical (unpaired) electrons. The Balaban J connectivity index is 5.36. The second-order valence-electron chi connectivity index (χ2n) is 10.2. The zero-order chi connectivity index (χ0) is 18.7. The molecule has 0 aromatic rings. The van der Waals surface area contributed by atoms with E-state index in [1.54, 1.807) is 0 Å². The molecule has 0 aliphatic heterocycles. The van der Waals surface area contributed by atoms with Gasteiger partial charge in [-0.3, -0.25) is 0 Å². The van der Waals surface area contributed by atoms with Crippen molar-refractivity contribution in [3.63, 3.8) is 0 Å². The van der Waals surface area contributed by atoms with Crippen molar-refractivity contribution in [3.05, 3.63) is 29.0 Å². The van der Waals surface area contributed by atoms with E-state index in [4.69, 9.17) is 4.43 Å². The normalized spacial score (nSPS) is 14.5. The largest absolute Gasteiger partial charge is 0.413 e. The lowest BCUT2D eigenvalue weighted by molar-refractivity contribution is 0.327. The van der Waals surface area contributed by atoms with Crippen molar-refractivity contribution in [2.45, 2.75) is 87.4 Å². The van der Waals surface area contributed by atoms with Crippen LogP contribution >= 0.6 is 0 Å². The summed E-state index contributed by atoms with van der Waals surface area (Å²) in [5.74, 6) is 0. The van der Waals surface area contributed by atoms with Gasteiger partial charge in [0.2, 0.25) is 0 Å². The smallest absolute Gasteiger partial charge is 0.192 e. The van der Waals surface area contributed by atoms with Gasteiger partial charge in [0.05, 0.1) is 6.61 Å². The van der Waals surface area contributed by atoms with Gasteiger partial charge in [0, 0.05) is 5.57 Å². The molecular weight excluding hydrogens is 296 g/mol. The van der Waals surface area contributed by atoms with Crippen molar-refractivity contribution < 1.29 is 4.43 Å². The molecule has 0 saturated heterocycles.